The number of guanidine groups is 2. The zero-order valence-corrected chi connectivity index (χ0v) is 17.5. The standard InChI is InChI=1S/C20H23N7O3S/c21-18-23-19(22)27(20(24-18)12-2-1-3-13-20)16-8-4-14(5-9-16)25-26-15-6-10-17(11-7-15)31(28,29)30/h4-11H,1-3,12-13H2,(H,28,29,30)(H4,21,22,23,24). The maximum Gasteiger partial charge on any atom is 0.294 e. The van der Waals surface area contributed by atoms with Gasteiger partial charge in [-0.2, -0.15) is 23.6 Å². The molecule has 0 aromatic heterocycles. The van der Waals surface area contributed by atoms with Crippen molar-refractivity contribution in [2.24, 2.45) is 31.7 Å². The number of rotatable bonds is 4. The fourth-order valence-corrected chi connectivity index (χ4v) is 4.44. The van der Waals surface area contributed by atoms with Crippen LogP contribution in [0.1, 0.15) is 32.1 Å². The zero-order chi connectivity index (χ0) is 22.1. The van der Waals surface area contributed by atoms with Gasteiger partial charge in [0.05, 0.1) is 16.3 Å². The van der Waals surface area contributed by atoms with Crippen LogP contribution in [-0.4, -0.2) is 30.6 Å². The zero-order valence-electron chi connectivity index (χ0n) is 16.7. The van der Waals surface area contributed by atoms with Gasteiger partial charge in [-0.25, -0.2) is 4.99 Å². The van der Waals surface area contributed by atoms with Crippen molar-refractivity contribution in [1.82, 2.24) is 0 Å². The number of benzene rings is 2. The minimum absolute atomic E-state index is 0.198. The van der Waals surface area contributed by atoms with E-state index in [0.717, 1.165) is 37.8 Å². The quantitative estimate of drug-likeness (QED) is 0.486. The van der Waals surface area contributed by atoms with Crippen molar-refractivity contribution in [3.05, 3.63) is 48.5 Å². The third kappa shape index (κ3) is 4.42. The summed E-state index contributed by atoms with van der Waals surface area (Å²) >= 11 is 0. The van der Waals surface area contributed by atoms with E-state index < -0.39 is 15.8 Å². The Labute approximate surface area is 180 Å². The molecule has 0 radical (unpaired) electrons. The van der Waals surface area contributed by atoms with Crippen molar-refractivity contribution in [2.45, 2.75) is 42.7 Å². The lowest BCUT2D eigenvalue weighted by Crippen LogP contribution is -2.58. The van der Waals surface area contributed by atoms with Gasteiger partial charge in [-0.1, -0.05) is 6.42 Å². The molecule has 0 atom stereocenters. The van der Waals surface area contributed by atoms with Crippen molar-refractivity contribution in [2.75, 3.05) is 4.90 Å². The van der Waals surface area contributed by atoms with Gasteiger partial charge in [-0.15, -0.1) is 0 Å². The van der Waals surface area contributed by atoms with Crippen LogP contribution in [0, 0.1) is 0 Å². The SMILES string of the molecule is NC1=NC2(CCCCC2)N(c2ccc(N=Nc3ccc(S(=O)(=O)O)cc3)cc2)C(N)=N1. The Kier molecular flexibility index (Phi) is 5.46. The van der Waals surface area contributed by atoms with E-state index in [4.69, 9.17) is 16.0 Å². The number of anilines is 1. The minimum Gasteiger partial charge on any atom is -0.369 e. The molecule has 1 heterocycles. The predicted molar refractivity (Wildman–Crippen MR) is 118 cm³/mol. The Morgan fingerprint density at radius 2 is 1.45 bits per heavy atom. The van der Waals surface area contributed by atoms with Gasteiger partial charge in [-0.3, -0.25) is 9.45 Å². The number of aliphatic imine (C=N–C) groups is 2. The number of nitrogens with zero attached hydrogens (tertiary/aromatic N) is 5. The monoisotopic (exact) mass is 441 g/mol. The van der Waals surface area contributed by atoms with Gasteiger partial charge in [0.1, 0.15) is 5.66 Å². The molecule has 0 unspecified atom stereocenters. The summed E-state index contributed by atoms with van der Waals surface area (Å²) in [7, 11) is -4.24. The van der Waals surface area contributed by atoms with Crippen LogP contribution in [0.4, 0.5) is 17.1 Å². The lowest BCUT2D eigenvalue weighted by molar-refractivity contribution is 0.305. The molecule has 162 valence electrons. The second-order valence-corrected chi connectivity index (χ2v) is 8.93. The number of hydrogen-bond donors (Lipinski definition) is 3. The Bertz CT molecular complexity index is 1150. The summed E-state index contributed by atoms with van der Waals surface area (Å²) in [6, 6.07) is 12.8. The third-order valence-electron chi connectivity index (χ3n) is 5.37. The maximum absolute atomic E-state index is 11.1. The van der Waals surface area contributed by atoms with Gasteiger partial charge in [-0.05, 0) is 74.2 Å². The first-order valence-corrected chi connectivity index (χ1v) is 11.3. The predicted octanol–water partition coefficient (Wildman–Crippen LogP) is 3.46. The van der Waals surface area contributed by atoms with Gasteiger partial charge in [0.25, 0.3) is 10.1 Å². The van der Waals surface area contributed by atoms with Crippen LogP contribution < -0.4 is 16.4 Å². The Hall–Kier alpha value is -3.31. The fraction of sp³-hybridized carbons (Fsp3) is 0.300. The molecule has 1 saturated carbocycles. The molecular weight excluding hydrogens is 418 g/mol. The summed E-state index contributed by atoms with van der Waals surface area (Å²) in [6.07, 6.45) is 4.95. The average molecular weight is 442 g/mol. The summed E-state index contributed by atoms with van der Waals surface area (Å²) < 4.78 is 31.2. The van der Waals surface area contributed by atoms with Crippen LogP contribution in [0.5, 0.6) is 0 Å². The lowest BCUT2D eigenvalue weighted by atomic mass is 9.87. The van der Waals surface area contributed by atoms with E-state index in [0.29, 0.717) is 17.3 Å². The second-order valence-electron chi connectivity index (χ2n) is 7.50. The molecule has 1 aliphatic carbocycles. The van der Waals surface area contributed by atoms with Crippen LogP contribution in [0.2, 0.25) is 0 Å². The molecule has 10 nitrogen and oxygen atoms in total. The molecule has 5 N–H and O–H groups in total. The first-order chi connectivity index (χ1) is 14.8. The van der Waals surface area contributed by atoms with E-state index in [1.807, 2.05) is 17.0 Å². The third-order valence-corrected chi connectivity index (χ3v) is 6.24. The minimum atomic E-state index is -4.24. The van der Waals surface area contributed by atoms with Crippen molar-refractivity contribution >= 4 is 39.1 Å². The van der Waals surface area contributed by atoms with E-state index in [1.54, 1.807) is 12.1 Å². The van der Waals surface area contributed by atoms with E-state index in [1.165, 1.54) is 24.3 Å². The molecule has 31 heavy (non-hydrogen) atoms. The summed E-state index contributed by atoms with van der Waals surface area (Å²) in [5.74, 6) is 0.531. The molecule has 2 aliphatic rings. The normalized spacial score (nSPS) is 18.8. The van der Waals surface area contributed by atoms with Gasteiger partial charge in [0.15, 0.2) is 0 Å². The average Bonchev–Trinajstić information content (AvgIpc) is 2.73. The summed E-state index contributed by atoms with van der Waals surface area (Å²) in [6.45, 7) is 0. The molecule has 2 aromatic rings. The number of azo groups is 1. The van der Waals surface area contributed by atoms with E-state index in [2.05, 4.69) is 20.2 Å². The van der Waals surface area contributed by atoms with Crippen LogP contribution in [0.3, 0.4) is 0 Å². The summed E-state index contributed by atoms with van der Waals surface area (Å²) in [5.41, 5.74) is 13.5. The van der Waals surface area contributed by atoms with Gasteiger partial charge in [0.2, 0.25) is 11.9 Å². The van der Waals surface area contributed by atoms with Crippen LogP contribution >= 0.6 is 0 Å². The van der Waals surface area contributed by atoms with Crippen LogP contribution in [0.25, 0.3) is 0 Å². The second kappa shape index (κ2) is 8.08. The Balaban J connectivity index is 1.55. The maximum atomic E-state index is 11.1. The molecule has 1 spiro atoms. The Morgan fingerprint density at radius 1 is 0.903 bits per heavy atom. The molecule has 0 amide bonds. The van der Waals surface area contributed by atoms with Gasteiger partial charge < -0.3 is 11.5 Å². The lowest BCUT2D eigenvalue weighted by Gasteiger charge is -2.45. The van der Waals surface area contributed by atoms with Crippen molar-refractivity contribution < 1.29 is 13.0 Å². The Morgan fingerprint density at radius 3 is 2.00 bits per heavy atom. The van der Waals surface area contributed by atoms with Crippen molar-refractivity contribution in [3.8, 4) is 0 Å². The molecular formula is C20H23N7O3S. The first kappa shape index (κ1) is 20.9. The molecule has 11 heteroatoms. The summed E-state index contributed by atoms with van der Waals surface area (Å²) in [5, 5.41) is 8.27. The fourth-order valence-electron chi connectivity index (χ4n) is 3.96. The molecule has 0 saturated heterocycles. The highest BCUT2D eigenvalue weighted by Gasteiger charge is 2.42. The number of nitrogens with two attached hydrogens (primary N) is 2. The highest BCUT2D eigenvalue weighted by atomic mass is 32.2. The van der Waals surface area contributed by atoms with E-state index >= 15 is 0 Å². The first-order valence-electron chi connectivity index (χ1n) is 9.86. The smallest absolute Gasteiger partial charge is 0.294 e. The molecule has 4 rings (SSSR count). The molecule has 1 aliphatic heterocycles. The number of hydrogen-bond acceptors (Lipinski definition) is 9. The van der Waals surface area contributed by atoms with Crippen LogP contribution in [0.15, 0.2) is 73.6 Å². The highest BCUT2D eigenvalue weighted by molar-refractivity contribution is 7.85. The largest absolute Gasteiger partial charge is 0.369 e. The molecule has 0 bridgehead atoms. The van der Waals surface area contributed by atoms with Gasteiger partial charge >= 0.3 is 0 Å². The van der Waals surface area contributed by atoms with Crippen molar-refractivity contribution in [1.29, 1.82) is 0 Å². The molecule has 1 fully saturated rings. The van der Waals surface area contributed by atoms with E-state index in [9.17, 15) is 8.42 Å². The van der Waals surface area contributed by atoms with E-state index in [-0.39, 0.29) is 10.9 Å². The topological polar surface area (TPSA) is 159 Å². The van der Waals surface area contributed by atoms with Crippen molar-refractivity contribution in [3.63, 3.8) is 0 Å². The van der Waals surface area contributed by atoms with Crippen LogP contribution in [-0.2, 0) is 10.1 Å². The highest BCUT2D eigenvalue weighted by Crippen LogP contribution is 2.39. The summed E-state index contributed by atoms with van der Waals surface area (Å²) in [4.78, 5) is 10.6. The molecule has 2 aromatic carbocycles. The van der Waals surface area contributed by atoms with Gasteiger partial charge in [0, 0.05) is 5.69 Å².